The molecule has 0 fully saturated rings. The molecule has 0 aliphatic heterocycles. The lowest BCUT2D eigenvalue weighted by atomic mass is 10.1. The molecule has 0 aliphatic rings. The van der Waals surface area contributed by atoms with E-state index in [1.54, 1.807) is 0 Å². The fourth-order valence-corrected chi connectivity index (χ4v) is 14.2. The first-order valence-corrected chi connectivity index (χ1v) is 27.8. The zero-order valence-corrected chi connectivity index (χ0v) is 42.9. The lowest BCUT2D eigenvalue weighted by Crippen LogP contribution is -2.55. The number of carboxylic acid groups (broad SMARTS) is 1. The van der Waals surface area contributed by atoms with E-state index in [2.05, 4.69) is 0 Å². The van der Waals surface area contributed by atoms with Gasteiger partial charge in [0, 0.05) is 140 Å². The summed E-state index contributed by atoms with van der Waals surface area (Å²) in [6, 6.07) is 1.74. The molecule has 1 aromatic rings. The van der Waals surface area contributed by atoms with Gasteiger partial charge in [-0.25, -0.2) is 32.9 Å². The summed E-state index contributed by atoms with van der Waals surface area (Å²) in [6.45, 7) is 13.6. The maximum absolute atomic E-state index is 13.4. The smallest absolute Gasteiger partial charge is 0.465 e. The third kappa shape index (κ3) is 17.3. The first kappa shape index (κ1) is 58.1. The van der Waals surface area contributed by atoms with Gasteiger partial charge >= 0.3 is 58.4 Å². The number of amides is 1. The average Bonchev–Trinajstić information content (AvgIpc) is 3.22. The molecule has 0 saturated carbocycles. The predicted octanol–water partition coefficient (Wildman–Crippen LogP) is 3.18. The molecule has 0 saturated heterocycles. The van der Waals surface area contributed by atoms with Crippen molar-refractivity contribution in [2.75, 3.05) is 90.4 Å². The molecule has 0 spiro atoms. The van der Waals surface area contributed by atoms with Crippen molar-refractivity contribution in [1.29, 1.82) is 0 Å². The van der Waals surface area contributed by atoms with E-state index < -0.39 is 63.9 Å². The first-order chi connectivity index (χ1) is 28.3. The normalized spacial score (nSPS) is 12.7. The molecule has 21 nitrogen and oxygen atoms in total. The minimum Gasteiger partial charge on any atom is -0.465 e. The quantitative estimate of drug-likeness (QED) is 0.106. The Hall–Kier alpha value is -1.93. The van der Waals surface area contributed by atoms with E-state index in [0.29, 0.717) is 76.2 Å². The van der Waals surface area contributed by atoms with Gasteiger partial charge < -0.3 is 63.1 Å². The van der Waals surface area contributed by atoms with Crippen molar-refractivity contribution in [3.8, 4) is 0 Å². The Labute approximate surface area is 360 Å². The van der Waals surface area contributed by atoms with Crippen LogP contribution in [0.15, 0.2) is 14.4 Å². The van der Waals surface area contributed by atoms with Gasteiger partial charge in [-0.3, -0.25) is 0 Å². The summed E-state index contributed by atoms with van der Waals surface area (Å²) in [6.07, 6.45) is 0.828. The van der Waals surface area contributed by atoms with Gasteiger partial charge in [0.05, 0.1) is 0 Å². The lowest BCUT2D eigenvalue weighted by molar-refractivity contribution is 0.0667. The summed E-state index contributed by atoms with van der Waals surface area (Å²) in [4.78, 5) is 52.8. The molecule has 0 bridgehead atoms. The highest BCUT2D eigenvalue weighted by Crippen LogP contribution is 2.22. The number of hydrogen-bond donors (Lipinski definition) is 1. The molecular formula is C35H76N4O17Si4. The van der Waals surface area contributed by atoms with Gasteiger partial charge in [0.25, 0.3) is 0 Å². The van der Waals surface area contributed by atoms with Crippen LogP contribution in [-0.4, -0.2) is 161 Å². The van der Waals surface area contributed by atoms with Crippen molar-refractivity contribution in [3.05, 3.63) is 31.5 Å². The van der Waals surface area contributed by atoms with Gasteiger partial charge in [-0.2, -0.15) is 0 Å². The fourth-order valence-electron chi connectivity index (χ4n) is 6.46. The van der Waals surface area contributed by atoms with E-state index in [1.165, 1.54) is 68.9 Å². The Bertz CT molecular complexity index is 1330. The molecule has 1 N–H and O–H groups in total. The van der Waals surface area contributed by atoms with Crippen LogP contribution in [0.2, 0.25) is 24.2 Å². The molecule has 1 rings (SSSR count). The molecule has 0 radical (unpaired) electrons. The third-order valence-corrected chi connectivity index (χ3v) is 21.4. The van der Waals surface area contributed by atoms with Crippen LogP contribution >= 0.6 is 0 Å². The summed E-state index contributed by atoms with van der Waals surface area (Å²) in [5.74, 6) is 0. The average molecular weight is 937 g/mol. The van der Waals surface area contributed by atoms with Crippen LogP contribution in [-0.2, 0) is 72.7 Å². The van der Waals surface area contributed by atoms with Crippen LogP contribution < -0.4 is 17.1 Å². The van der Waals surface area contributed by atoms with Crippen molar-refractivity contribution in [2.45, 2.75) is 117 Å². The molecule has 1 amide bonds. The monoisotopic (exact) mass is 936 g/mol. The zero-order valence-electron chi connectivity index (χ0n) is 38.9. The first-order valence-electron chi connectivity index (χ1n) is 20.1. The molecule has 0 unspecified atom stereocenters. The van der Waals surface area contributed by atoms with Gasteiger partial charge in [0.1, 0.15) is 0 Å². The predicted molar refractivity (Wildman–Crippen MR) is 232 cm³/mol. The second kappa shape index (κ2) is 28.7. The molecule has 1 aromatic heterocycles. The van der Waals surface area contributed by atoms with Crippen molar-refractivity contribution in [1.82, 2.24) is 18.6 Å². The minimum absolute atomic E-state index is 0.0442. The van der Waals surface area contributed by atoms with E-state index >= 15 is 0 Å². The minimum atomic E-state index is -2.92. The topological polar surface area (TPSA) is 217 Å². The number of nitrogens with zero attached hydrogens (tertiary/aromatic N) is 4. The second-order valence-electron chi connectivity index (χ2n) is 14.2. The molecular weight excluding hydrogens is 861 g/mol. The van der Waals surface area contributed by atoms with E-state index in [0.717, 1.165) is 13.7 Å². The molecule has 0 atom stereocenters. The largest absolute Gasteiger partial charge is 0.500 e. The summed E-state index contributed by atoms with van der Waals surface area (Å²) in [5.41, 5.74) is -2.52. The van der Waals surface area contributed by atoms with Crippen LogP contribution in [0.4, 0.5) is 4.79 Å². The standard InChI is InChI=1S/C21H45N3O12Si3.C14H31NO5Si/c1-28-37(29-2,30-3)16-10-13-22-19(25)23(14-11-17-38(31-4,32-5)33-6)21(27)24(20(22)26)15-12-18-39(34-7,35-8)36-9;1-7-18-21(19-8-2,20-9-3)12-10-11-15(13(16)17)14(4,5)6/h10-18H2,1-9H3;7-12H2,1-6H3,(H,16,17). The fraction of sp³-hybridized carbons (Fsp3) is 0.886. The number of rotatable bonds is 31. The summed E-state index contributed by atoms with van der Waals surface area (Å²) < 4.78 is 69.4. The third-order valence-electron chi connectivity index (χ3n) is 9.78. The van der Waals surface area contributed by atoms with Crippen molar-refractivity contribution in [3.63, 3.8) is 0 Å². The maximum atomic E-state index is 13.4. The van der Waals surface area contributed by atoms with Gasteiger partial charge in [-0.05, 0) is 67.2 Å². The van der Waals surface area contributed by atoms with Gasteiger partial charge in [0.15, 0.2) is 0 Å². The molecule has 0 aromatic carbocycles. The zero-order chi connectivity index (χ0) is 46.2. The Morgan fingerprint density at radius 2 is 0.750 bits per heavy atom. The Morgan fingerprint density at radius 1 is 0.500 bits per heavy atom. The van der Waals surface area contributed by atoms with Crippen LogP contribution in [0.1, 0.15) is 67.2 Å². The highest BCUT2D eigenvalue weighted by atomic mass is 28.4. The van der Waals surface area contributed by atoms with Crippen LogP contribution in [0, 0.1) is 0 Å². The van der Waals surface area contributed by atoms with Crippen LogP contribution in [0.5, 0.6) is 0 Å². The van der Waals surface area contributed by atoms with Crippen LogP contribution in [0.25, 0.3) is 0 Å². The molecule has 25 heteroatoms. The van der Waals surface area contributed by atoms with Crippen molar-refractivity contribution >= 4 is 41.3 Å². The molecule has 0 aliphatic carbocycles. The van der Waals surface area contributed by atoms with Gasteiger partial charge in [-0.15, -0.1) is 0 Å². The summed E-state index contributed by atoms with van der Waals surface area (Å²) >= 11 is 0. The molecule has 1 heterocycles. The number of carbonyl (C=O) groups is 1. The van der Waals surface area contributed by atoms with Crippen molar-refractivity contribution in [2.24, 2.45) is 0 Å². The molecule has 60 heavy (non-hydrogen) atoms. The van der Waals surface area contributed by atoms with E-state index in [9.17, 15) is 24.3 Å². The number of aromatic nitrogens is 3. The molecule has 354 valence electrons. The van der Waals surface area contributed by atoms with E-state index in [1.807, 2.05) is 41.5 Å². The Kier molecular flexibility index (Phi) is 27.8. The van der Waals surface area contributed by atoms with Gasteiger partial charge in [0.2, 0.25) is 0 Å². The lowest BCUT2D eigenvalue weighted by Gasteiger charge is -2.34. The summed E-state index contributed by atoms with van der Waals surface area (Å²) in [5, 5.41) is 9.29. The van der Waals surface area contributed by atoms with Crippen LogP contribution in [0.3, 0.4) is 0 Å². The Morgan fingerprint density at radius 3 is 0.950 bits per heavy atom. The highest BCUT2D eigenvalue weighted by Gasteiger charge is 2.41. The number of hydrogen-bond acceptors (Lipinski definition) is 16. The SMILES string of the molecule is CCO[Si](CCCN(C(=O)O)C(C)(C)C)(OCC)OCC.CO[Si](CCCn1c(=O)n(CCC[Si](OC)(OC)OC)c(=O)n(CCC[Si](OC)(OC)OC)c1=O)(OC)OC. The van der Waals surface area contributed by atoms with E-state index in [4.69, 9.17) is 53.1 Å². The van der Waals surface area contributed by atoms with E-state index in [-0.39, 0.29) is 19.6 Å². The van der Waals surface area contributed by atoms with Gasteiger partial charge in [-0.1, -0.05) is 0 Å². The highest BCUT2D eigenvalue weighted by molar-refractivity contribution is 6.61. The second-order valence-corrected chi connectivity index (χ2v) is 26.2. The van der Waals surface area contributed by atoms with Crippen molar-refractivity contribution < 1.29 is 63.0 Å². The summed E-state index contributed by atoms with van der Waals surface area (Å²) in [7, 11) is 1.99. The maximum Gasteiger partial charge on any atom is 0.500 e. The Balaban J connectivity index is 0.00000140.